The molecule has 70 valence electrons. The van der Waals surface area contributed by atoms with Crippen LogP contribution in [0.25, 0.3) is 0 Å². The monoisotopic (exact) mass is 170 g/mol. The van der Waals surface area contributed by atoms with Gasteiger partial charge in [0.05, 0.1) is 12.2 Å². The van der Waals surface area contributed by atoms with Crippen molar-refractivity contribution in [3.05, 3.63) is 0 Å². The number of rotatable bonds is 0. The number of aliphatic hydroxyl groups excluding tert-OH is 2. The summed E-state index contributed by atoms with van der Waals surface area (Å²) in [6.45, 7) is 2.23. The molecular formula is C10H18O2. The summed E-state index contributed by atoms with van der Waals surface area (Å²) in [5, 5.41) is 19.5. The minimum Gasteiger partial charge on any atom is -0.393 e. The van der Waals surface area contributed by atoms with Crippen molar-refractivity contribution in [2.75, 3.05) is 0 Å². The van der Waals surface area contributed by atoms with Gasteiger partial charge in [-0.1, -0.05) is 6.92 Å². The third kappa shape index (κ3) is 1.27. The molecule has 0 spiro atoms. The van der Waals surface area contributed by atoms with Crippen molar-refractivity contribution in [2.24, 2.45) is 17.8 Å². The third-order valence-electron chi connectivity index (χ3n) is 3.63. The molecule has 2 nitrogen and oxygen atoms in total. The lowest BCUT2D eigenvalue weighted by Crippen LogP contribution is -2.46. The van der Waals surface area contributed by atoms with Gasteiger partial charge < -0.3 is 10.2 Å². The molecule has 2 aliphatic rings. The Hall–Kier alpha value is -0.0800. The minimum absolute atomic E-state index is 0.174. The number of hydrogen-bond donors (Lipinski definition) is 2. The zero-order valence-corrected chi connectivity index (χ0v) is 7.61. The SMILES string of the molecule is C[C@@H]1C[C@H]2CC[C@@H](O)[C@@H](C1)[C@H]2O. The van der Waals surface area contributed by atoms with E-state index in [-0.39, 0.29) is 18.1 Å². The second kappa shape index (κ2) is 3.00. The van der Waals surface area contributed by atoms with Crippen LogP contribution < -0.4 is 0 Å². The molecular weight excluding hydrogens is 152 g/mol. The first kappa shape index (κ1) is 8.52. The van der Waals surface area contributed by atoms with Crippen LogP contribution >= 0.6 is 0 Å². The molecule has 2 bridgehead atoms. The van der Waals surface area contributed by atoms with Crippen molar-refractivity contribution in [3.63, 3.8) is 0 Å². The van der Waals surface area contributed by atoms with E-state index in [1.807, 2.05) is 0 Å². The van der Waals surface area contributed by atoms with E-state index in [2.05, 4.69) is 6.92 Å². The summed E-state index contributed by atoms with van der Waals surface area (Å²) in [6.07, 6.45) is 3.63. The van der Waals surface area contributed by atoms with Crippen molar-refractivity contribution in [2.45, 2.75) is 44.8 Å². The van der Waals surface area contributed by atoms with Gasteiger partial charge in [-0.15, -0.1) is 0 Å². The molecule has 5 atom stereocenters. The molecule has 2 N–H and O–H groups in total. The first-order valence-corrected chi connectivity index (χ1v) is 5.04. The summed E-state index contributed by atoms with van der Waals surface area (Å²) in [5.41, 5.74) is 0. The fourth-order valence-electron chi connectivity index (χ4n) is 2.98. The predicted octanol–water partition coefficient (Wildman–Crippen LogP) is 1.16. The topological polar surface area (TPSA) is 40.5 Å². The second-order valence-corrected chi connectivity index (χ2v) is 4.64. The van der Waals surface area contributed by atoms with E-state index < -0.39 is 0 Å². The molecule has 0 saturated heterocycles. The molecule has 0 aromatic heterocycles. The summed E-state index contributed by atoms with van der Waals surface area (Å²) < 4.78 is 0. The van der Waals surface area contributed by atoms with Crippen LogP contribution in [0, 0.1) is 17.8 Å². The van der Waals surface area contributed by atoms with Crippen LogP contribution in [0.1, 0.15) is 32.6 Å². The Morgan fingerprint density at radius 3 is 2.58 bits per heavy atom. The minimum atomic E-state index is -0.237. The molecule has 2 saturated carbocycles. The van der Waals surface area contributed by atoms with Gasteiger partial charge in [0.2, 0.25) is 0 Å². The van der Waals surface area contributed by atoms with Crippen molar-refractivity contribution < 1.29 is 10.2 Å². The van der Waals surface area contributed by atoms with Crippen LogP contribution in [-0.4, -0.2) is 22.4 Å². The number of fused-ring (bicyclic) bond motifs is 2. The molecule has 0 heterocycles. The van der Waals surface area contributed by atoms with Gasteiger partial charge in [-0.3, -0.25) is 0 Å². The van der Waals surface area contributed by atoms with Crippen molar-refractivity contribution in [3.8, 4) is 0 Å². The maximum absolute atomic E-state index is 9.82. The molecule has 0 aromatic carbocycles. The van der Waals surface area contributed by atoms with Gasteiger partial charge in [0.15, 0.2) is 0 Å². The Balaban J connectivity index is 2.11. The van der Waals surface area contributed by atoms with Crippen LogP contribution in [0.3, 0.4) is 0 Å². The van der Waals surface area contributed by atoms with E-state index in [4.69, 9.17) is 0 Å². The molecule has 2 fully saturated rings. The largest absolute Gasteiger partial charge is 0.393 e. The lowest BCUT2D eigenvalue weighted by molar-refractivity contribution is -0.0935. The molecule has 0 aromatic rings. The van der Waals surface area contributed by atoms with Gasteiger partial charge in [-0.05, 0) is 37.5 Å². The molecule has 0 unspecified atom stereocenters. The lowest BCUT2D eigenvalue weighted by Gasteiger charge is -2.44. The van der Waals surface area contributed by atoms with E-state index in [0.29, 0.717) is 11.8 Å². The van der Waals surface area contributed by atoms with Crippen molar-refractivity contribution in [1.82, 2.24) is 0 Å². The van der Waals surface area contributed by atoms with E-state index in [1.54, 1.807) is 0 Å². The first-order chi connectivity index (χ1) is 5.68. The van der Waals surface area contributed by atoms with E-state index >= 15 is 0 Å². The van der Waals surface area contributed by atoms with Crippen molar-refractivity contribution in [1.29, 1.82) is 0 Å². The lowest BCUT2D eigenvalue weighted by atomic mass is 9.65. The average Bonchev–Trinajstić information content (AvgIpc) is 2.01. The molecule has 2 aliphatic carbocycles. The van der Waals surface area contributed by atoms with Crippen LogP contribution in [0.15, 0.2) is 0 Å². The molecule has 2 heteroatoms. The maximum Gasteiger partial charge on any atom is 0.0621 e. The van der Waals surface area contributed by atoms with Crippen molar-refractivity contribution >= 4 is 0 Å². The van der Waals surface area contributed by atoms with Crippen LogP contribution in [0.5, 0.6) is 0 Å². The molecule has 12 heavy (non-hydrogen) atoms. The predicted molar refractivity (Wildman–Crippen MR) is 46.6 cm³/mol. The summed E-state index contributed by atoms with van der Waals surface area (Å²) in [6, 6.07) is 0. The molecule has 0 radical (unpaired) electrons. The van der Waals surface area contributed by atoms with E-state index in [0.717, 1.165) is 25.7 Å². The third-order valence-corrected chi connectivity index (χ3v) is 3.63. The van der Waals surface area contributed by atoms with Gasteiger partial charge in [0, 0.05) is 5.92 Å². The highest BCUT2D eigenvalue weighted by atomic mass is 16.3. The Labute approximate surface area is 73.6 Å². The fraction of sp³-hybridized carbons (Fsp3) is 1.00. The highest BCUT2D eigenvalue weighted by molar-refractivity contribution is 4.92. The summed E-state index contributed by atoms with van der Waals surface area (Å²) in [5.74, 6) is 1.34. The molecule has 2 rings (SSSR count). The first-order valence-electron chi connectivity index (χ1n) is 5.04. The fourth-order valence-corrected chi connectivity index (χ4v) is 2.98. The molecule has 0 amide bonds. The number of aliphatic hydroxyl groups is 2. The normalized spacial score (nSPS) is 53.8. The average molecular weight is 170 g/mol. The standard InChI is InChI=1S/C10H18O2/c1-6-4-7-2-3-9(11)8(5-6)10(7)12/h6-12H,2-5H2,1H3/t6-,7-,8-,9-,10+/m1/s1. The van der Waals surface area contributed by atoms with E-state index in [1.165, 1.54) is 0 Å². The van der Waals surface area contributed by atoms with Gasteiger partial charge in [0.1, 0.15) is 0 Å². The zero-order valence-electron chi connectivity index (χ0n) is 7.61. The Bertz CT molecular complexity index is 169. The van der Waals surface area contributed by atoms with Gasteiger partial charge in [0.25, 0.3) is 0 Å². The van der Waals surface area contributed by atoms with E-state index in [9.17, 15) is 10.2 Å². The van der Waals surface area contributed by atoms with Crippen LogP contribution in [0.4, 0.5) is 0 Å². The Morgan fingerprint density at radius 2 is 1.83 bits per heavy atom. The highest BCUT2D eigenvalue weighted by Gasteiger charge is 2.42. The smallest absolute Gasteiger partial charge is 0.0621 e. The Kier molecular flexibility index (Phi) is 2.13. The van der Waals surface area contributed by atoms with Gasteiger partial charge in [-0.25, -0.2) is 0 Å². The maximum atomic E-state index is 9.82. The molecule has 0 aliphatic heterocycles. The summed E-state index contributed by atoms with van der Waals surface area (Å²) in [7, 11) is 0. The highest BCUT2D eigenvalue weighted by Crippen LogP contribution is 2.42. The van der Waals surface area contributed by atoms with Gasteiger partial charge >= 0.3 is 0 Å². The zero-order chi connectivity index (χ0) is 8.72. The Morgan fingerprint density at radius 1 is 1.08 bits per heavy atom. The summed E-state index contributed by atoms with van der Waals surface area (Å²) >= 11 is 0. The van der Waals surface area contributed by atoms with Gasteiger partial charge in [-0.2, -0.15) is 0 Å². The quantitative estimate of drug-likeness (QED) is 0.573. The van der Waals surface area contributed by atoms with Crippen LogP contribution in [0.2, 0.25) is 0 Å². The summed E-state index contributed by atoms with van der Waals surface area (Å²) in [4.78, 5) is 0. The second-order valence-electron chi connectivity index (χ2n) is 4.64. The van der Waals surface area contributed by atoms with Crippen LogP contribution in [-0.2, 0) is 0 Å². The number of hydrogen-bond acceptors (Lipinski definition) is 2.